The van der Waals surface area contributed by atoms with Gasteiger partial charge in [-0.05, 0) is 46.1 Å². The highest BCUT2D eigenvalue weighted by atomic mass is 32.2. The second-order valence-corrected chi connectivity index (χ2v) is 7.62. The van der Waals surface area contributed by atoms with Crippen LogP contribution < -0.4 is 0 Å². The molecule has 0 radical (unpaired) electrons. The lowest BCUT2D eigenvalue weighted by Crippen LogP contribution is -2.22. The van der Waals surface area contributed by atoms with Gasteiger partial charge >= 0.3 is 6.18 Å². The summed E-state index contributed by atoms with van der Waals surface area (Å²) in [6.07, 6.45) is -2.81. The van der Waals surface area contributed by atoms with E-state index in [1.807, 2.05) is 0 Å². The van der Waals surface area contributed by atoms with Gasteiger partial charge < -0.3 is 4.42 Å². The van der Waals surface area contributed by atoms with Crippen molar-refractivity contribution in [2.75, 3.05) is 0 Å². The number of aryl methyl sites for hydroxylation is 1. The summed E-state index contributed by atoms with van der Waals surface area (Å²) in [5, 5.41) is 0. The molecule has 112 valence electrons. The molecule has 0 aromatic carbocycles. The van der Waals surface area contributed by atoms with Gasteiger partial charge in [0, 0.05) is 5.56 Å². The predicted octanol–water partition coefficient (Wildman–Crippen LogP) is 3.89. The summed E-state index contributed by atoms with van der Waals surface area (Å²) in [5.74, 6) is -0.875. The van der Waals surface area contributed by atoms with E-state index in [0.717, 1.165) is 6.07 Å². The first kappa shape index (κ1) is 15.3. The van der Waals surface area contributed by atoms with Gasteiger partial charge in [0.2, 0.25) is 5.76 Å². The molecule has 0 saturated heterocycles. The Morgan fingerprint density at radius 1 is 1.25 bits per heavy atom. The second-order valence-electron chi connectivity index (χ2n) is 5.72. The number of alkyl halides is 3. The molecular formula is C13H16F3NO2S. The van der Waals surface area contributed by atoms with Crippen molar-refractivity contribution in [3.8, 4) is 0 Å². The number of fused-ring (bicyclic) bond motifs is 1. The van der Waals surface area contributed by atoms with Crippen LogP contribution in [0.4, 0.5) is 13.2 Å². The third-order valence-electron chi connectivity index (χ3n) is 2.93. The van der Waals surface area contributed by atoms with E-state index in [4.69, 9.17) is 4.42 Å². The number of furan rings is 1. The number of hydrogen-bond acceptors (Lipinski definition) is 2. The number of hydrogen-bond donors (Lipinski definition) is 0. The van der Waals surface area contributed by atoms with Crippen molar-refractivity contribution in [1.82, 2.24) is 0 Å². The van der Waals surface area contributed by atoms with Crippen molar-refractivity contribution in [3.63, 3.8) is 0 Å². The molecule has 0 fully saturated rings. The van der Waals surface area contributed by atoms with Gasteiger partial charge in [-0.25, -0.2) is 4.21 Å². The Hall–Kier alpha value is -1.11. The average molecular weight is 307 g/mol. The molecule has 3 nitrogen and oxygen atoms in total. The predicted molar refractivity (Wildman–Crippen MR) is 71.1 cm³/mol. The lowest BCUT2D eigenvalue weighted by molar-refractivity contribution is -0.153. The molecule has 0 amide bonds. The first-order chi connectivity index (χ1) is 9.09. The van der Waals surface area contributed by atoms with E-state index in [0.29, 0.717) is 30.5 Å². The van der Waals surface area contributed by atoms with Crippen molar-refractivity contribution in [1.29, 1.82) is 0 Å². The summed E-state index contributed by atoms with van der Waals surface area (Å²) in [4.78, 5) is 0. The molecule has 0 spiro atoms. The SMILES string of the molecule is CC(C)(C)S(=O)/N=C1/CCCc2cc(C(F)(F)F)oc21. The van der Waals surface area contributed by atoms with Crippen molar-refractivity contribution >= 4 is 16.7 Å². The van der Waals surface area contributed by atoms with Crippen molar-refractivity contribution in [2.24, 2.45) is 4.40 Å². The Balaban J connectivity index is 2.41. The largest absolute Gasteiger partial charge is 0.450 e. The van der Waals surface area contributed by atoms with E-state index < -0.39 is 27.7 Å². The smallest absolute Gasteiger partial charge is 0.449 e. The lowest BCUT2D eigenvalue weighted by atomic mass is 9.97. The Morgan fingerprint density at radius 3 is 2.45 bits per heavy atom. The molecule has 2 rings (SSSR count). The zero-order valence-electron chi connectivity index (χ0n) is 11.5. The monoisotopic (exact) mass is 307 g/mol. The summed E-state index contributed by atoms with van der Waals surface area (Å²) in [6, 6.07) is 1.02. The normalized spacial score (nSPS) is 20.0. The van der Waals surface area contributed by atoms with Gasteiger partial charge in [0.05, 0.1) is 10.5 Å². The summed E-state index contributed by atoms with van der Waals surface area (Å²) in [5.41, 5.74) is 0.864. The maximum absolute atomic E-state index is 12.7. The van der Waals surface area contributed by atoms with Gasteiger partial charge in [-0.15, -0.1) is 0 Å². The van der Waals surface area contributed by atoms with Crippen LogP contribution in [0, 0.1) is 0 Å². The molecule has 0 aliphatic heterocycles. The lowest BCUT2D eigenvalue weighted by Gasteiger charge is -2.16. The maximum Gasteiger partial charge on any atom is 0.449 e. The minimum Gasteiger partial charge on any atom is -0.450 e. The summed E-state index contributed by atoms with van der Waals surface area (Å²) >= 11 is 0. The highest BCUT2D eigenvalue weighted by Crippen LogP contribution is 2.35. The molecule has 1 atom stereocenters. The molecule has 1 aliphatic rings. The van der Waals surface area contributed by atoms with Crippen LogP contribution in [0.5, 0.6) is 0 Å². The first-order valence-electron chi connectivity index (χ1n) is 6.29. The first-order valence-corrected chi connectivity index (χ1v) is 7.39. The number of halogens is 3. The van der Waals surface area contributed by atoms with Crippen LogP contribution in [0.15, 0.2) is 14.9 Å². The van der Waals surface area contributed by atoms with Gasteiger partial charge in [-0.3, -0.25) is 0 Å². The van der Waals surface area contributed by atoms with Gasteiger partial charge in [0.15, 0.2) is 5.76 Å². The van der Waals surface area contributed by atoms with E-state index in [-0.39, 0.29) is 5.76 Å². The average Bonchev–Trinajstić information content (AvgIpc) is 2.72. The molecule has 1 aromatic heterocycles. The Labute approximate surface area is 117 Å². The summed E-state index contributed by atoms with van der Waals surface area (Å²) < 4.78 is 58.4. The quantitative estimate of drug-likeness (QED) is 0.790. The molecule has 1 aromatic rings. The van der Waals surface area contributed by atoms with E-state index >= 15 is 0 Å². The van der Waals surface area contributed by atoms with Gasteiger partial charge in [-0.1, -0.05) is 0 Å². The van der Waals surface area contributed by atoms with Crippen molar-refractivity contribution < 1.29 is 21.8 Å². The third kappa shape index (κ3) is 3.13. The molecular weight excluding hydrogens is 291 g/mol. The van der Waals surface area contributed by atoms with Crippen LogP contribution >= 0.6 is 0 Å². The molecule has 7 heteroatoms. The zero-order valence-corrected chi connectivity index (χ0v) is 12.3. The molecule has 1 aliphatic carbocycles. The molecule has 0 saturated carbocycles. The van der Waals surface area contributed by atoms with Crippen LogP contribution in [-0.4, -0.2) is 14.7 Å². The van der Waals surface area contributed by atoms with Crippen LogP contribution in [-0.2, 0) is 23.6 Å². The Bertz CT molecular complexity index is 567. The van der Waals surface area contributed by atoms with Crippen LogP contribution in [0.2, 0.25) is 0 Å². The third-order valence-corrected chi connectivity index (χ3v) is 4.36. The van der Waals surface area contributed by atoms with E-state index in [1.165, 1.54) is 0 Å². The fourth-order valence-electron chi connectivity index (χ4n) is 1.88. The molecule has 1 heterocycles. The fourth-order valence-corrected chi connectivity index (χ4v) is 2.53. The molecule has 1 unspecified atom stereocenters. The van der Waals surface area contributed by atoms with Crippen molar-refractivity contribution in [2.45, 2.75) is 51.0 Å². The van der Waals surface area contributed by atoms with E-state index in [2.05, 4.69) is 4.40 Å². The van der Waals surface area contributed by atoms with Gasteiger partial charge in [0.1, 0.15) is 11.0 Å². The van der Waals surface area contributed by atoms with Gasteiger partial charge in [-0.2, -0.15) is 17.6 Å². The standard InChI is InChI=1S/C13H16F3NO2S/c1-12(2,3)20(18)17-9-6-4-5-8-7-10(13(14,15)16)19-11(8)9/h7H,4-6H2,1-3H3/b17-9-. The molecule has 0 N–H and O–H groups in total. The van der Waals surface area contributed by atoms with E-state index in [1.54, 1.807) is 20.8 Å². The zero-order chi connectivity index (χ0) is 15.1. The Morgan fingerprint density at radius 2 is 1.90 bits per heavy atom. The maximum atomic E-state index is 12.7. The van der Waals surface area contributed by atoms with Crippen LogP contribution in [0.1, 0.15) is 50.7 Å². The Kier molecular flexibility index (Phi) is 3.83. The molecule has 0 bridgehead atoms. The molecule has 20 heavy (non-hydrogen) atoms. The van der Waals surface area contributed by atoms with Gasteiger partial charge in [0.25, 0.3) is 0 Å². The summed E-state index contributed by atoms with van der Waals surface area (Å²) in [7, 11) is -1.51. The second kappa shape index (κ2) is 5.02. The van der Waals surface area contributed by atoms with E-state index in [9.17, 15) is 17.4 Å². The van der Waals surface area contributed by atoms with Crippen LogP contribution in [0.25, 0.3) is 0 Å². The number of nitrogens with zero attached hydrogens (tertiary/aromatic N) is 1. The summed E-state index contributed by atoms with van der Waals surface area (Å²) in [6.45, 7) is 5.29. The highest BCUT2D eigenvalue weighted by molar-refractivity contribution is 7.85. The van der Waals surface area contributed by atoms with Crippen molar-refractivity contribution in [3.05, 3.63) is 23.2 Å². The highest BCUT2D eigenvalue weighted by Gasteiger charge is 2.37. The minimum atomic E-state index is -4.51. The number of rotatable bonds is 1. The van der Waals surface area contributed by atoms with Crippen LogP contribution in [0.3, 0.4) is 0 Å². The topological polar surface area (TPSA) is 42.6 Å². The fraction of sp³-hybridized carbons (Fsp3) is 0.615. The minimum absolute atomic E-state index is 0.140.